The van der Waals surface area contributed by atoms with Gasteiger partial charge in [0.1, 0.15) is 0 Å². The Balaban J connectivity index is 2.12. The van der Waals surface area contributed by atoms with Gasteiger partial charge in [0.2, 0.25) is 0 Å². The first kappa shape index (κ1) is 11.8. The molecule has 0 saturated carbocycles. The topological polar surface area (TPSA) is 55.1 Å². The third-order valence-electron chi connectivity index (χ3n) is 2.98. The summed E-state index contributed by atoms with van der Waals surface area (Å²) in [6, 6.07) is 12.2. The fourth-order valence-corrected chi connectivity index (χ4v) is 2.06. The summed E-state index contributed by atoms with van der Waals surface area (Å²) >= 11 is 0. The molecular weight excluding hydrogens is 238 g/mol. The Bertz CT molecular complexity index is 717. The lowest BCUT2D eigenvalue weighted by molar-refractivity contribution is 0.719. The van der Waals surface area contributed by atoms with E-state index >= 15 is 0 Å². The van der Waals surface area contributed by atoms with Crippen LogP contribution in [-0.2, 0) is 6.54 Å². The number of nitrogens with one attached hydrogen (secondary N) is 1. The Morgan fingerprint density at radius 1 is 1.16 bits per heavy atom. The molecule has 1 N–H and O–H groups in total. The highest BCUT2D eigenvalue weighted by Gasteiger charge is 2.07. The Morgan fingerprint density at radius 3 is 2.84 bits per heavy atom. The van der Waals surface area contributed by atoms with Crippen molar-refractivity contribution in [3.63, 3.8) is 0 Å². The Morgan fingerprint density at radius 2 is 2.05 bits per heavy atom. The van der Waals surface area contributed by atoms with E-state index in [0.717, 1.165) is 22.7 Å². The summed E-state index contributed by atoms with van der Waals surface area (Å²) in [6.07, 6.45) is 0. The first-order valence-electron chi connectivity index (χ1n) is 6.21. The van der Waals surface area contributed by atoms with Crippen LogP contribution in [0.3, 0.4) is 0 Å². The smallest absolute Gasteiger partial charge is 0.177 e. The van der Waals surface area contributed by atoms with Gasteiger partial charge in [-0.25, -0.2) is 0 Å². The molecular formula is C14H15N5. The van der Waals surface area contributed by atoms with Gasteiger partial charge in [-0.2, -0.15) is 9.61 Å². The summed E-state index contributed by atoms with van der Waals surface area (Å²) < 4.78 is 1.79. The molecule has 0 bridgehead atoms. The van der Waals surface area contributed by atoms with Crippen LogP contribution in [-0.4, -0.2) is 26.9 Å². The van der Waals surface area contributed by atoms with Gasteiger partial charge >= 0.3 is 0 Å². The summed E-state index contributed by atoms with van der Waals surface area (Å²) in [5, 5.41) is 15.9. The fraction of sp³-hybridized carbons (Fsp3) is 0.214. The number of aromatic nitrogens is 4. The minimum Gasteiger partial charge on any atom is -0.313 e. The lowest BCUT2D eigenvalue weighted by Crippen LogP contribution is -2.10. The van der Waals surface area contributed by atoms with Crippen molar-refractivity contribution in [3.8, 4) is 11.3 Å². The van der Waals surface area contributed by atoms with Crippen LogP contribution in [0.25, 0.3) is 16.9 Å². The van der Waals surface area contributed by atoms with Crippen LogP contribution in [0.2, 0.25) is 0 Å². The van der Waals surface area contributed by atoms with E-state index in [4.69, 9.17) is 0 Å². The number of aryl methyl sites for hydroxylation is 1. The van der Waals surface area contributed by atoms with E-state index in [0.29, 0.717) is 6.54 Å². The highest BCUT2D eigenvalue weighted by atomic mass is 15.4. The molecule has 2 heterocycles. The second-order valence-corrected chi connectivity index (χ2v) is 4.50. The minimum atomic E-state index is 0.644. The molecule has 3 rings (SSSR count). The number of nitrogens with zero attached hydrogens (tertiary/aromatic N) is 4. The Kier molecular flexibility index (Phi) is 2.97. The average molecular weight is 253 g/mol. The second kappa shape index (κ2) is 4.78. The quantitative estimate of drug-likeness (QED) is 0.773. The first-order chi connectivity index (χ1) is 9.28. The van der Waals surface area contributed by atoms with Crippen LogP contribution < -0.4 is 5.32 Å². The predicted octanol–water partition coefficient (Wildman–Crippen LogP) is 1.82. The van der Waals surface area contributed by atoms with Gasteiger partial charge in [0, 0.05) is 5.56 Å². The van der Waals surface area contributed by atoms with Gasteiger partial charge in [-0.15, -0.1) is 10.2 Å². The monoisotopic (exact) mass is 253 g/mol. The van der Waals surface area contributed by atoms with Crippen LogP contribution in [0.15, 0.2) is 36.4 Å². The molecule has 19 heavy (non-hydrogen) atoms. The molecule has 0 aliphatic rings. The fourth-order valence-electron chi connectivity index (χ4n) is 2.06. The van der Waals surface area contributed by atoms with Gasteiger partial charge in [0.15, 0.2) is 11.5 Å². The third-order valence-corrected chi connectivity index (χ3v) is 2.98. The average Bonchev–Trinajstić information content (AvgIpc) is 2.82. The Labute approximate surface area is 111 Å². The maximum atomic E-state index is 4.62. The molecule has 0 aliphatic carbocycles. The highest BCUT2D eigenvalue weighted by Crippen LogP contribution is 2.18. The first-order valence-corrected chi connectivity index (χ1v) is 6.21. The summed E-state index contributed by atoms with van der Waals surface area (Å²) in [7, 11) is 1.88. The van der Waals surface area contributed by atoms with Gasteiger partial charge in [-0.05, 0) is 32.2 Å². The van der Waals surface area contributed by atoms with Crippen LogP contribution >= 0.6 is 0 Å². The van der Waals surface area contributed by atoms with E-state index in [-0.39, 0.29) is 0 Å². The lowest BCUT2D eigenvalue weighted by atomic mass is 10.1. The minimum absolute atomic E-state index is 0.644. The van der Waals surface area contributed by atoms with Crippen molar-refractivity contribution < 1.29 is 0 Å². The molecule has 0 aliphatic heterocycles. The highest BCUT2D eigenvalue weighted by molar-refractivity contribution is 5.61. The van der Waals surface area contributed by atoms with Crippen LogP contribution in [0.5, 0.6) is 0 Å². The lowest BCUT2D eigenvalue weighted by Gasteiger charge is -2.03. The maximum absolute atomic E-state index is 4.62. The van der Waals surface area contributed by atoms with Crippen LogP contribution in [0.1, 0.15) is 11.4 Å². The molecule has 3 aromatic rings. The number of rotatable bonds is 3. The molecule has 0 spiro atoms. The molecule has 0 fully saturated rings. The normalized spacial score (nSPS) is 11.1. The van der Waals surface area contributed by atoms with Gasteiger partial charge in [-0.3, -0.25) is 0 Å². The van der Waals surface area contributed by atoms with E-state index in [1.165, 1.54) is 5.56 Å². The Hall–Kier alpha value is -2.27. The molecule has 96 valence electrons. The molecule has 5 nitrogen and oxygen atoms in total. The molecule has 2 aromatic heterocycles. The molecule has 0 saturated heterocycles. The third kappa shape index (κ3) is 2.20. The van der Waals surface area contributed by atoms with Gasteiger partial charge in [-0.1, -0.05) is 23.8 Å². The van der Waals surface area contributed by atoms with Crippen LogP contribution in [0, 0.1) is 6.92 Å². The van der Waals surface area contributed by atoms with Crippen molar-refractivity contribution in [2.45, 2.75) is 13.5 Å². The van der Waals surface area contributed by atoms with Crippen molar-refractivity contribution in [2.24, 2.45) is 0 Å². The van der Waals surface area contributed by atoms with Crippen molar-refractivity contribution in [3.05, 3.63) is 47.8 Å². The second-order valence-electron chi connectivity index (χ2n) is 4.50. The zero-order valence-electron chi connectivity index (χ0n) is 11.0. The van der Waals surface area contributed by atoms with E-state index < -0.39 is 0 Å². The molecule has 0 radical (unpaired) electrons. The molecule has 0 unspecified atom stereocenters. The van der Waals surface area contributed by atoms with Gasteiger partial charge in [0.05, 0.1) is 12.2 Å². The van der Waals surface area contributed by atoms with Crippen molar-refractivity contribution in [2.75, 3.05) is 7.05 Å². The summed E-state index contributed by atoms with van der Waals surface area (Å²) in [6.45, 7) is 2.72. The van der Waals surface area contributed by atoms with Crippen molar-refractivity contribution >= 4 is 5.65 Å². The molecule has 1 aromatic carbocycles. The largest absolute Gasteiger partial charge is 0.313 e. The van der Waals surface area contributed by atoms with Crippen molar-refractivity contribution in [1.29, 1.82) is 0 Å². The van der Waals surface area contributed by atoms with E-state index in [9.17, 15) is 0 Å². The van der Waals surface area contributed by atoms with Gasteiger partial charge < -0.3 is 5.32 Å². The SMILES string of the molecule is CNCc1nnc2ccc(-c3cccc(C)c3)nn12. The molecule has 5 heteroatoms. The maximum Gasteiger partial charge on any atom is 0.177 e. The zero-order chi connectivity index (χ0) is 13.2. The number of benzene rings is 1. The molecule has 0 atom stereocenters. The van der Waals surface area contributed by atoms with E-state index in [1.807, 2.05) is 25.2 Å². The van der Waals surface area contributed by atoms with E-state index in [1.54, 1.807) is 4.52 Å². The zero-order valence-corrected chi connectivity index (χ0v) is 11.0. The summed E-state index contributed by atoms with van der Waals surface area (Å²) in [4.78, 5) is 0. The molecule has 0 amide bonds. The summed E-state index contributed by atoms with van der Waals surface area (Å²) in [5.74, 6) is 0.812. The number of hydrogen-bond acceptors (Lipinski definition) is 4. The van der Waals surface area contributed by atoms with Gasteiger partial charge in [0.25, 0.3) is 0 Å². The van der Waals surface area contributed by atoms with Crippen molar-refractivity contribution in [1.82, 2.24) is 25.1 Å². The predicted molar refractivity (Wildman–Crippen MR) is 73.7 cm³/mol. The standard InChI is InChI=1S/C14H15N5/c1-10-4-3-5-11(8-10)12-6-7-13-16-17-14(9-15-2)19(13)18-12/h3-8,15H,9H2,1-2H3. The summed E-state index contributed by atoms with van der Waals surface area (Å²) in [5.41, 5.74) is 4.01. The van der Waals surface area contributed by atoms with Crippen LogP contribution in [0.4, 0.5) is 0 Å². The number of fused-ring (bicyclic) bond motifs is 1. The number of hydrogen-bond donors (Lipinski definition) is 1. The van der Waals surface area contributed by atoms with E-state index in [2.05, 4.69) is 45.7 Å².